The molecule has 1 aromatic rings. The fourth-order valence-corrected chi connectivity index (χ4v) is 2.12. The van der Waals surface area contributed by atoms with Crippen LogP contribution in [-0.4, -0.2) is 16.2 Å². The lowest BCUT2D eigenvalue weighted by atomic mass is 10.7. The van der Waals surface area contributed by atoms with Gasteiger partial charge < -0.3 is 0 Å². The Morgan fingerprint density at radius 3 is 2.90 bits per heavy atom. The first-order valence-corrected chi connectivity index (χ1v) is 5.55. The van der Waals surface area contributed by atoms with E-state index in [1.165, 1.54) is 0 Å². The summed E-state index contributed by atoms with van der Waals surface area (Å²) >= 11 is 7.04. The molecular weight excluding hydrogens is 327 g/mol. The SMILES string of the molecule is CSc1nc(I)ncc1Br. The molecule has 10 heavy (non-hydrogen) atoms. The van der Waals surface area contributed by atoms with Crippen LogP contribution < -0.4 is 0 Å². The number of rotatable bonds is 1. The molecule has 5 heteroatoms. The molecule has 0 fully saturated rings. The third-order valence-electron chi connectivity index (χ3n) is 0.876. The molecule has 1 rings (SSSR count). The zero-order valence-corrected chi connectivity index (χ0v) is 9.70. The maximum atomic E-state index is 4.18. The first-order chi connectivity index (χ1) is 4.74. The quantitative estimate of drug-likeness (QED) is 0.342. The second kappa shape index (κ2) is 3.87. The predicted molar refractivity (Wildman–Crippen MR) is 54.2 cm³/mol. The summed E-state index contributed by atoms with van der Waals surface area (Å²) in [5, 5.41) is 0.986. The molecular formula is C5H4BrIN2S. The van der Waals surface area contributed by atoms with Gasteiger partial charge in [-0.05, 0) is 22.2 Å². The third-order valence-corrected chi connectivity index (χ3v) is 2.94. The van der Waals surface area contributed by atoms with Gasteiger partial charge in [0.25, 0.3) is 0 Å². The average Bonchev–Trinajstić information content (AvgIpc) is 1.94. The lowest BCUT2D eigenvalue weighted by molar-refractivity contribution is 0.984. The van der Waals surface area contributed by atoms with E-state index in [0.29, 0.717) is 0 Å². The maximum Gasteiger partial charge on any atom is 0.191 e. The minimum atomic E-state index is 0.783. The smallest absolute Gasteiger partial charge is 0.191 e. The summed E-state index contributed by atoms with van der Waals surface area (Å²) in [4.78, 5) is 8.19. The lowest BCUT2D eigenvalue weighted by Crippen LogP contribution is -1.88. The van der Waals surface area contributed by atoms with Crippen LogP contribution in [-0.2, 0) is 0 Å². The summed E-state index contributed by atoms with van der Waals surface area (Å²) in [5.74, 6) is 0. The van der Waals surface area contributed by atoms with Crippen LogP contribution in [0.1, 0.15) is 0 Å². The van der Waals surface area contributed by atoms with E-state index in [4.69, 9.17) is 0 Å². The fraction of sp³-hybridized carbons (Fsp3) is 0.200. The summed E-state index contributed by atoms with van der Waals surface area (Å²) < 4.78 is 1.74. The standard InChI is InChI=1S/C5H4BrIN2S/c1-10-4-3(6)2-8-5(7)9-4/h2H,1H3. The van der Waals surface area contributed by atoms with Crippen LogP contribution in [0.5, 0.6) is 0 Å². The zero-order valence-electron chi connectivity index (χ0n) is 5.14. The summed E-state index contributed by atoms with van der Waals surface area (Å²) in [6.07, 6.45) is 3.75. The van der Waals surface area contributed by atoms with Crippen LogP contribution in [0.4, 0.5) is 0 Å². The number of thioether (sulfide) groups is 1. The van der Waals surface area contributed by atoms with Gasteiger partial charge >= 0.3 is 0 Å². The maximum absolute atomic E-state index is 4.18. The van der Waals surface area contributed by atoms with Crippen LogP contribution >= 0.6 is 50.3 Å². The highest BCUT2D eigenvalue weighted by molar-refractivity contribution is 14.1. The van der Waals surface area contributed by atoms with E-state index in [2.05, 4.69) is 48.5 Å². The van der Waals surface area contributed by atoms with Gasteiger partial charge in [0.05, 0.1) is 4.47 Å². The van der Waals surface area contributed by atoms with E-state index in [9.17, 15) is 0 Å². The molecule has 0 aromatic carbocycles. The van der Waals surface area contributed by atoms with Gasteiger partial charge in [-0.1, -0.05) is 0 Å². The first kappa shape index (κ1) is 8.73. The molecule has 2 nitrogen and oxygen atoms in total. The molecule has 0 radical (unpaired) electrons. The topological polar surface area (TPSA) is 25.8 Å². The number of aromatic nitrogens is 2. The van der Waals surface area contributed by atoms with Crippen LogP contribution in [0.15, 0.2) is 15.7 Å². The molecule has 0 aliphatic carbocycles. The molecule has 0 aliphatic heterocycles. The molecule has 54 valence electrons. The van der Waals surface area contributed by atoms with E-state index in [-0.39, 0.29) is 0 Å². The summed E-state index contributed by atoms with van der Waals surface area (Å²) in [7, 11) is 0. The molecule has 1 aromatic heterocycles. The largest absolute Gasteiger partial charge is 0.230 e. The Morgan fingerprint density at radius 1 is 1.70 bits per heavy atom. The van der Waals surface area contributed by atoms with Gasteiger partial charge in [0.1, 0.15) is 5.03 Å². The summed E-state index contributed by atoms with van der Waals surface area (Å²) in [6.45, 7) is 0. The number of halogens is 2. The van der Waals surface area contributed by atoms with Gasteiger partial charge in [0.2, 0.25) is 0 Å². The van der Waals surface area contributed by atoms with E-state index in [1.807, 2.05) is 6.26 Å². The minimum Gasteiger partial charge on any atom is -0.230 e. The van der Waals surface area contributed by atoms with Crippen molar-refractivity contribution in [3.05, 3.63) is 14.5 Å². The molecule has 0 amide bonds. The molecule has 0 saturated heterocycles. The van der Waals surface area contributed by atoms with Crippen molar-refractivity contribution >= 4 is 50.3 Å². The highest BCUT2D eigenvalue weighted by atomic mass is 127. The average molecular weight is 331 g/mol. The Balaban J connectivity index is 3.09. The fourth-order valence-electron chi connectivity index (χ4n) is 0.474. The van der Waals surface area contributed by atoms with Gasteiger partial charge in [0, 0.05) is 28.8 Å². The minimum absolute atomic E-state index is 0.783. The Labute approximate surface area is 85.5 Å². The molecule has 0 aliphatic rings. The Morgan fingerprint density at radius 2 is 2.40 bits per heavy atom. The molecule has 1 heterocycles. The van der Waals surface area contributed by atoms with Crippen molar-refractivity contribution in [2.45, 2.75) is 5.03 Å². The van der Waals surface area contributed by atoms with E-state index in [0.717, 1.165) is 13.3 Å². The molecule has 0 atom stereocenters. The Bertz CT molecular complexity index is 243. The van der Waals surface area contributed by atoms with Crippen molar-refractivity contribution in [3.8, 4) is 0 Å². The normalized spacial score (nSPS) is 9.90. The highest BCUT2D eigenvalue weighted by Crippen LogP contribution is 2.22. The first-order valence-electron chi connectivity index (χ1n) is 2.46. The molecule has 0 spiro atoms. The van der Waals surface area contributed by atoms with Gasteiger partial charge in [0.15, 0.2) is 3.83 Å². The van der Waals surface area contributed by atoms with E-state index in [1.54, 1.807) is 18.0 Å². The predicted octanol–water partition coefficient (Wildman–Crippen LogP) is 2.57. The van der Waals surface area contributed by atoms with Crippen LogP contribution in [0.3, 0.4) is 0 Å². The molecule has 0 saturated carbocycles. The molecule has 0 N–H and O–H groups in total. The van der Waals surface area contributed by atoms with Gasteiger partial charge in [-0.3, -0.25) is 0 Å². The lowest BCUT2D eigenvalue weighted by Gasteiger charge is -1.97. The van der Waals surface area contributed by atoms with Gasteiger partial charge in [-0.25, -0.2) is 9.97 Å². The zero-order chi connectivity index (χ0) is 7.56. The summed E-state index contributed by atoms with van der Waals surface area (Å²) in [6, 6.07) is 0. The van der Waals surface area contributed by atoms with Crippen molar-refractivity contribution < 1.29 is 0 Å². The van der Waals surface area contributed by atoms with Gasteiger partial charge in [-0.2, -0.15) is 0 Å². The van der Waals surface area contributed by atoms with Crippen molar-refractivity contribution in [1.29, 1.82) is 0 Å². The van der Waals surface area contributed by atoms with Crippen LogP contribution in [0.25, 0.3) is 0 Å². The second-order valence-electron chi connectivity index (χ2n) is 1.50. The number of hydrogen-bond acceptors (Lipinski definition) is 3. The summed E-state index contributed by atoms with van der Waals surface area (Å²) in [5.41, 5.74) is 0. The van der Waals surface area contributed by atoms with Crippen molar-refractivity contribution in [1.82, 2.24) is 9.97 Å². The van der Waals surface area contributed by atoms with Crippen molar-refractivity contribution in [3.63, 3.8) is 0 Å². The van der Waals surface area contributed by atoms with Crippen molar-refractivity contribution in [2.24, 2.45) is 0 Å². The molecule has 0 unspecified atom stereocenters. The highest BCUT2D eigenvalue weighted by Gasteiger charge is 1.99. The second-order valence-corrected chi connectivity index (χ2v) is 4.11. The third kappa shape index (κ3) is 2.06. The van der Waals surface area contributed by atoms with Crippen molar-refractivity contribution in [2.75, 3.05) is 6.26 Å². The van der Waals surface area contributed by atoms with Gasteiger partial charge in [-0.15, -0.1) is 11.8 Å². The van der Waals surface area contributed by atoms with Crippen LogP contribution in [0, 0.1) is 3.83 Å². The molecule has 0 bridgehead atoms. The Hall–Kier alpha value is 0.640. The van der Waals surface area contributed by atoms with Crippen LogP contribution in [0.2, 0.25) is 0 Å². The Kier molecular flexibility index (Phi) is 3.38. The number of nitrogens with zero attached hydrogens (tertiary/aromatic N) is 2. The number of hydrogen-bond donors (Lipinski definition) is 0. The monoisotopic (exact) mass is 330 g/mol. The van der Waals surface area contributed by atoms with E-state index >= 15 is 0 Å². The van der Waals surface area contributed by atoms with E-state index < -0.39 is 0 Å².